The summed E-state index contributed by atoms with van der Waals surface area (Å²) in [5.74, 6) is -1.11. The highest BCUT2D eigenvalue weighted by molar-refractivity contribution is 9.09. The maximum atomic E-state index is 13.0. The molecule has 7 heteroatoms. The predicted octanol–water partition coefficient (Wildman–Crippen LogP) is 4.07. The molecular formula is C24H23BrN2O4. The standard InChI is InChI=1S/C24H23BrN2O4/c1-11-3-6-15(9-12(11)2)27-22(28)13-4-7-14(8-5-13)26-23(29)18-16-10-17-19(18)24(30)31-21(17)20(16)25/h3-9,16-21H,10H2,1-2H3,(H,26,29)(H,27,28)/t16-,17-,18-,19-,20-,21+/m1/s1. The van der Waals surface area contributed by atoms with Gasteiger partial charge in [-0.1, -0.05) is 22.0 Å². The average molecular weight is 483 g/mol. The number of carbonyl (C=O) groups is 3. The largest absolute Gasteiger partial charge is 0.461 e. The lowest BCUT2D eigenvalue weighted by Gasteiger charge is -2.27. The molecule has 0 unspecified atom stereocenters. The fourth-order valence-electron chi connectivity index (χ4n) is 5.28. The number of amides is 2. The van der Waals surface area contributed by atoms with Crippen molar-refractivity contribution < 1.29 is 19.1 Å². The molecule has 1 heterocycles. The summed E-state index contributed by atoms with van der Waals surface area (Å²) in [6, 6.07) is 12.6. The monoisotopic (exact) mass is 482 g/mol. The maximum absolute atomic E-state index is 13.0. The number of carbonyl (C=O) groups excluding carboxylic acids is 3. The lowest BCUT2D eigenvalue weighted by Crippen LogP contribution is -2.40. The smallest absolute Gasteiger partial charge is 0.310 e. The van der Waals surface area contributed by atoms with Gasteiger partial charge in [-0.3, -0.25) is 14.4 Å². The van der Waals surface area contributed by atoms with Gasteiger partial charge in [0.1, 0.15) is 6.10 Å². The van der Waals surface area contributed by atoms with Crippen LogP contribution in [0.1, 0.15) is 27.9 Å². The van der Waals surface area contributed by atoms with Crippen LogP contribution in [0.2, 0.25) is 0 Å². The molecule has 6 nitrogen and oxygen atoms in total. The van der Waals surface area contributed by atoms with Crippen LogP contribution in [0.4, 0.5) is 11.4 Å². The van der Waals surface area contributed by atoms with E-state index in [1.807, 2.05) is 32.0 Å². The van der Waals surface area contributed by atoms with Crippen molar-refractivity contribution >= 4 is 45.1 Å². The van der Waals surface area contributed by atoms with Gasteiger partial charge in [-0.25, -0.2) is 0 Å². The number of esters is 1. The zero-order valence-corrected chi connectivity index (χ0v) is 18.8. The quantitative estimate of drug-likeness (QED) is 0.508. The van der Waals surface area contributed by atoms with E-state index in [4.69, 9.17) is 4.74 Å². The highest BCUT2D eigenvalue weighted by atomic mass is 79.9. The molecule has 3 fully saturated rings. The van der Waals surface area contributed by atoms with Gasteiger partial charge in [0.2, 0.25) is 5.91 Å². The van der Waals surface area contributed by atoms with Crippen molar-refractivity contribution in [2.24, 2.45) is 23.7 Å². The Morgan fingerprint density at radius 1 is 0.968 bits per heavy atom. The van der Waals surface area contributed by atoms with Crippen molar-refractivity contribution in [3.63, 3.8) is 0 Å². The summed E-state index contributed by atoms with van der Waals surface area (Å²) in [7, 11) is 0. The zero-order valence-electron chi connectivity index (χ0n) is 17.2. The fraction of sp³-hybridized carbons (Fsp3) is 0.375. The Morgan fingerprint density at radius 3 is 2.39 bits per heavy atom. The van der Waals surface area contributed by atoms with E-state index in [1.165, 1.54) is 5.56 Å². The second-order valence-corrected chi connectivity index (χ2v) is 9.84. The van der Waals surface area contributed by atoms with Crippen molar-refractivity contribution in [2.45, 2.75) is 31.2 Å². The van der Waals surface area contributed by atoms with Gasteiger partial charge < -0.3 is 15.4 Å². The van der Waals surface area contributed by atoms with Gasteiger partial charge in [-0.2, -0.15) is 0 Å². The van der Waals surface area contributed by atoms with Crippen molar-refractivity contribution in [3.05, 3.63) is 59.2 Å². The summed E-state index contributed by atoms with van der Waals surface area (Å²) in [6.45, 7) is 4.03. The first-order chi connectivity index (χ1) is 14.8. The highest BCUT2D eigenvalue weighted by Crippen LogP contribution is 2.60. The van der Waals surface area contributed by atoms with Crippen LogP contribution in [-0.2, 0) is 14.3 Å². The molecule has 0 spiro atoms. The third-order valence-electron chi connectivity index (χ3n) is 7.01. The normalized spacial score (nSPS) is 30.2. The number of aryl methyl sites for hydroxylation is 2. The van der Waals surface area contributed by atoms with Gasteiger partial charge in [0.15, 0.2) is 0 Å². The Bertz CT molecular complexity index is 1080. The average Bonchev–Trinajstić information content (AvgIpc) is 3.35. The van der Waals surface area contributed by atoms with Crippen LogP contribution < -0.4 is 10.6 Å². The van der Waals surface area contributed by atoms with Crippen LogP contribution in [0.25, 0.3) is 0 Å². The Balaban J connectivity index is 1.25. The molecule has 31 heavy (non-hydrogen) atoms. The van der Waals surface area contributed by atoms with Crippen LogP contribution >= 0.6 is 15.9 Å². The third kappa shape index (κ3) is 3.35. The molecule has 5 rings (SSSR count). The number of alkyl halides is 1. The molecule has 2 N–H and O–H groups in total. The molecule has 160 valence electrons. The third-order valence-corrected chi connectivity index (χ3v) is 8.21. The summed E-state index contributed by atoms with van der Waals surface area (Å²) in [5, 5.41) is 5.82. The first kappa shape index (κ1) is 20.2. The topological polar surface area (TPSA) is 84.5 Å². The van der Waals surface area contributed by atoms with Crippen molar-refractivity contribution in [1.82, 2.24) is 0 Å². The molecule has 6 atom stereocenters. The fourth-order valence-corrected chi connectivity index (χ4v) is 6.33. The van der Waals surface area contributed by atoms with Gasteiger partial charge >= 0.3 is 5.97 Å². The lowest BCUT2D eigenvalue weighted by molar-refractivity contribution is -0.145. The van der Waals surface area contributed by atoms with Crippen molar-refractivity contribution in [2.75, 3.05) is 10.6 Å². The molecule has 2 aromatic carbocycles. The van der Waals surface area contributed by atoms with E-state index in [-0.39, 0.29) is 52.4 Å². The Morgan fingerprint density at radius 2 is 1.68 bits per heavy atom. The summed E-state index contributed by atoms with van der Waals surface area (Å²) in [5.41, 5.74) is 4.12. The summed E-state index contributed by atoms with van der Waals surface area (Å²) in [4.78, 5) is 37.8. The second-order valence-electron chi connectivity index (χ2n) is 8.78. The number of hydrogen-bond donors (Lipinski definition) is 2. The molecule has 2 amide bonds. The summed E-state index contributed by atoms with van der Waals surface area (Å²) in [6.07, 6.45) is 0.744. The number of halogens is 1. The van der Waals surface area contributed by atoms with Crippen LogP contribution in [0, 0.1) is 37.5 Å². The first-order valence-electron chi connectivity index (χ1n) is 10.5. The predicted molar refractivity (Wildman–Crippen MR) is 120 cm³/mol. The Labute approximate surface area is 188 Å². The van der Waals surface area contributed by atoms with E-state index in [0.29, 0.717) is 11.3 Å². The summed E-state index contributed by atoms with van der Waals surface area (Å²) >= 11 is 3.63. The molecule has 2 aliphatic carbocycles. The lowest BCUT2D eigenvalue weighted by atomic mass is 9.79. The minimum Gasteiger partial charge on any atom is -0.461 e. The molecule has 1 saturated heterocycles. The molecule has 1 aliphatic heterocycles. The maximum Gasteiger partial charge on any atom is 0.310 e. The molecule has 2 aromatic rings. The van der Waals surface area contributed by atoms with Crippen LogP contribution in [0.15, 0.2) is 42.5 Å². The van der Waals surface area contributed by atoms with Gasteiger partial charge in [0.25, 0.3) is 5.91 Å². The van der Waals surface area contributed by atoms with E-state index < -0.39 is 0 Å². The van der Waals surface area contributed by atoms with Gasteiger partial charge in [-0.05, 0) is 73.7 Å². The molecule has 2 saturated carbocycles. The SMILES string of the molecule is Cc1ccc(NC(=O)c2ccc(NC(=O)[C@@H]3[C@H]4C[C@H]5[C@H](OC(=O)[C@H]53)[C@@H]4Br)cc2)cc1C. The minimum atomic E-state index is -0.381. The van der Waals surface area contributed by atoms with E-state index in [1.54, 1.807) is 24.3 Å². The molecular weight excluding hydrogens is 460 g/mol. The first-order valence-corrected chi connectivity index (χ1v) is 11.4. The van der Waals surface area contributed by atoms with Crippen LogP contribution in [0.5, 0.6) is 0 Å². The number of fused-ring (bicyclic) bond motifs is 1. The number of hydrogen-bond acceptors (Lipinski definition) is 4. The zero-order chi connectivity index (χ0) is 21.9. The number of rotatable bonds is 4. The van der Waals surface area contributed by atoms with E-state index in [9.17, 15) is 14.4 Å². The van der Waals surface area contributed by atoms with Crippen LogP contribution in [0.3, 0.4) is 0 Å². The Hall–Kier alpha value is -2.67. The van der Waals surface area contributed by atoms with Crippen molar-refractivity contribution in [1.29, 1.82) is 0 Å². The van der Waals surface area contributed by atoms with Gasteiger partial charge in [0, 0.05) is 22.9 Å². The number of ether oxygens (including phenoxy) is 1. The number of benzene rings is 2. The van der Waals surface area contributed by atoms with E-state index in [0.717, 1.165) is 17.7 Å². The van der Waals surface area contributed by atoms with Crippen LogP contribution in [-0.4, -0.2) is 28.7 Å². The van der Waals surface area contributed by atoms with E-state index >= 15 is 0 Å². The Kier molecular flexibility index (Phi) is 4.88. The minimum absolute atomic E-state index is 0.0347. The van der Waals surface area contributed by atoms with E-state index in [2.05, 4.69) is 26.6 Å². The molecule has 3 aliphatic rings. The molecule has 2 bridgehead atoms. The van der Waals surface area contributed by atoms with Gasteiger partial charge in [-0.15, -0.1) is 0 Å². The number of anilines is 2. The summed E-state index contributed by atoms with van der Waals surface area (Å²) < 4.78 is 5.48. The highest BCUT2D eigenvalue weighted by Gasteiger charge is 2.67. The molecule has 0 aromatic heterocycles. The second kappa shape index (κ2) is 7.48. The number of nitrogens with one attached hydrogen (secondary N) is 2. The van der Waals surface area contributed by atoms with Crippen molar-refractivity contribution in [3.8, 4) is 0 Å². The van der Waals surface area contributed by atoms with Gasteiger partial charge in [0.05, 0.1) is 16.7 Å². The molecule has 0 radical (unpaired) electrons.